The second kappa shape index (κ2) is 9.00. The molecule has 9 nitrogen and oxygen atoms in total. The zero-order valence-corrected chi connectivity index (χ0v) is 17.0. The van der Waals surface area contributed by atoms with Crippen molar-refractivity contribution < 1.29 is 4.92 Å². The summed E-state index contributed by atoms with van der Waals surface area (Å²) in [5, 5.41) is 18.6. The van der Waals surface area contributed by atoms with E-state index in [9.17, 15) is 10.1 Å². The van der Waals surface area contributed by atoms with Crippen molar-refractivity contribution >= 4 is 17.2 Å². The second-order valence-corrected chi connectivity index (χ2v) is 7.54. The SMILES string of the molecule is Cc1cc(Nc2cnn(CCN3CCCCC3)c2)nc(-c2ccc([N+](=O)[O-])cc2)n1. The van der Waals surface area contributed by atoms with Crippen molar-refractivity contribution in [2.75, 3.05) is 25.0 Å². The number of nitro groups is 1. The zero-order chi connectivity index (χ0) is 20.9. The lowest BCUT2D eigenvalue weighted by Gasteiger charge is -2.26. The Morgan fingerprint density at radius 2 is 1.87 bits per heavy atom. The molecule has 1 fully saturated rings. The van der Waals surface area contributed by atoms with Gasteiger partial charge >= 0.3 is 0 Å². The summed E-state index contributed by atoms with van der Waals surface area (Å²) in [5.74, 6) is 1.18. The summed E-state index contributed by atoms with van der Waals surface area (Å²) in [6.45, 7) is 6.12. The first-order valence-corrected chi connectivity index (χ1v) is 10.2. The Labute approximate surface area is 174 Å². The first-order valence-electron chi connectivity index (χ1n) is 10.2. The average Bonchev–Trinajstić information content (AvgIpc) is 3.20. The van der Waals surface area contributed by atoms with Crippen molar-refractivity contribution in [2.24, 2.45) is 0 Å². The number of non-ortho nitro benzene ring substituents is 1. The van der Waals surface area contributed by atoms with Gasteiger partial charge in [0.15, 0.2) is 5.82 Å². The van der Waals surface area contributed by atoms with E-state index in [-0.39, 0.29) is 5.69 Å². The van der Waals surface area contributed by atoms with Gasteiger partial charge in [-0.3, -0.25) is 14.8 Å². The third kappa shape index (κ3) is 4.98. The third-order valence-corrected chi connectivity index (χ3v) is 5.19. The van der Waals surface area contributed by atoms with E-state index in [1.165, 1.54) is 44.5 Å². The number of nitrogens with one attached hydrogen (secondary N) is 1. The Balaban J connectivity index is 1.43. The summed E-state index contributed by atoms with van der Waals surface area (Å²) in [7, 11) is 0. The maximum absolute atomic E-state index is 10.9. The number of aromatic nitrogens is 4. The Bertz CT molecular complexity index is 1010. The molecule has 0 unspecified atom stereocenters. The van der Waals surface area contributed by atoms with E-state index in [2.05, 4.69) is 25.3 Å². The maximum atomic E-state index is 10.9. The Morgan fingerprint density at radius 3 is 2.60 bits per heavy atom. The summed E-state index contributed by atoms with van der Waals surface area (Å²) in [6, 6.07) is 8.10. The molecule has 2 aromatic heterocycles. The molecule has 0 atom stereocenters. The van der Waals surface area contributed by atoms with Gasteiger partial charge in [0.05, 0.1) is 23.4 Å². The number of benzene rings is 1. The lowest BCUT2D eigenvalue weighted by molar-refractivity contribution is -0.384. The molecule has 1 aliphatic rings. The van der Waals surface area contributed by atoms with Gasteiger partial charge in [-0.05, 0) is 45.0 Å². The fourth-order valence-electron chi connectivity index (χ4n) is 3.62. The van der Waals surface area contributed by atoms with Crippen LogP contribution in [0.1, 0.15) is 25.0 Å². The van der Waals surface area contributed by atoms with Gasteiger partial charge in [0.25, 0.3) is 5.69 Å². The fourth-order valence-corrected chi connectivity index (χ4v) is 3.62. The van der Waals surface area contributed by atoms with Crippen LogP contribution in [0.25, 0.3) is 11.4 Å². The highest BCUT2D eigenvalue weighted by Crippen LogP contribution is 2.22. The third-order valence-electron chi connectivity index (χ3n) is 5.19. The predicted molar refractivity (Wildman–Crippen MR) is 115 cm³/mol. The molecule has 0 amide bonds. The van der Waals surface area contributed by atoms with Crippen LogP contribution in [-0.2, 0) is 6.54 Å². The summed E-state index contributed by atoms with van der Waals surface area (Å²) < 4.78 is 1.95. The van der Waals surface area contributed by atoms with Crippen LogP contribution in [0.2, 0.25) is 0 Å². The monoisotopic (exact) mass is 407 g/mol. The first-order chi connectivity index (χ1) is 14.6. The van der Waals surface area contributed by atoms with Crippen LogP contribution in [0, 0.1) is 17.0 Å². The molecule has 4 rings (SSSR count). The molecule has 0 saturated carbocycles. The molecule has 30 heavy (non-hydrogen) atoms. The molecule has 0 radical (unpaired) electrons. The minimum absolute atomic E-state index is 0.0433. The van der Waals surface area contributed by atoms with E-state index < -0.39 is 4.92 Å². The van der Waals surface area contributed by atoms with Crippen LogP contribution in [0.3, 0.4) is 0 Å². The van der Waals surface area contributed by atoms with Crippen LogP contribution >= 0.6 is 0 Å². The van der Waals surface area contributed by atoms with Gasteiger partial charge in [-0.1, -0.05) is 6.42 Å². The molecular formula is C21H25N7O2. The minimum atomic E-state index is -0.420. The quantitative estimate of drug-likeness (QED) is 0.469. The van der Waals surface area contributed by atoms with Gasteiger partial charge < -0.3 is 10.2 Å². The summed E-state index contributed by atoms with van der Waals surface area (Å²) in [4.78, 5) is 21.9. The van der Waals surface area contributed by atoms with Crippen LogP contribution < -0.4 is 5.32 Å². The molecule has 0 aliphatic carbocycles. The van der Waals surface area contributed by atoms with Gasteiger partial charge in [-0.25, -0.2) is 9.97 Å². The lowest BCUT2D eigenvalue weighted by atomic mass is 10.1. The first kappa shape index (κ1) is 20.0. The van der Waals surface area contributed by atoms with Crippen molar-refractivity contribution in [1.82, 2.24) is 24.6 Å². The van der Waals surface area contributed by atoms with Gasteiger partial charge in [-0.15, -0.1) is 0 Å². The molecule has 3 aromatic rings. The number of nitrogens with zero attached hydrogens (tertiary/aromatic N) is 6. The molecule has 0 bridgehead atoms. The van der Waals surface area contributed by atoms with Crippen molar-refractivity contribution in [2.45, 2.75) is 32.7 Å². The molecule has 1 aliphatic heterocycles. The van der Waals surface area contributed by atoms with Crippen LogP contribution in [-0.4, -0.2) is 49.2 Å². The molecule has 156 valence electrons. The maximum Gasteiger partial charge on any atom is 0.269 e. The smallest absolute Gasteiger partial charge is 0.269 e. The highest BCUT2D eigenvalue weighted by Gasteiger charge is 2.11. The lowest BCUT2D eigenvalue weighted by Crippen LogP contribution is -2.32. The summed E-state index contributed by atoms with van der Waals surface area (Å²) in [5.41, 5.74) is 2.44. The molecule has 9 heteroatoms. The van der Waals surface area contributed by atoms with Crippen molar-refractivity contribution in [3.8, 4) is 11.4 Å². The van der Waals surface area contributed by atoms with Gasteiger partial charge in [0.1, 0.15) is 5.82 Å². The molecule has 1 saturated heterocycles. The Hall–Kier alpha value is -3.33. The predicted octanol–water partition coefficient (Wildman–Crippen LogP) is 3.79. The highest BCUT2D eigenvalue weighted by molar-refractivity contribution is 5.62. The standard InChI is InChI=1S/C21H25N7O2/c1-16-13-20(25-21(23-16)17-5-7-19(8-6-17)28(29)30)24-18-14-22-27(15-18)12-11-26-9-3-2-4-10-26/h5-8,13-15H,2-4,9-12H2,1H3,(H,23,24,25). The number of nitro benzene ring substituents is 1. The van der Waals surface area contributed by atoms with E-state index in [1.807, 2.05) is 23.9 Å². The molecular weight excluding hydrogens is 382 g/mol. The molecule has 0 spiro atoms. The molecule has 1 N–H and O–H groups in total. The number of aryl methyl sites for hydroxylation is 1. The Morgan fingerprint density at radius 1 is 1.10 bits per heavy atom. The highest BCUT2D eigenvalue weighted by atomic mass is 16.6. The normalized spacial score (nSPS) is 14.6. The summed E-state index contributed by atoms with van der Waals surface area (Å²) >= 11 is 0. The van der Waals surface area contributed by atoms with Crippen molar-refractivity contribution in [3.05, 3.63) is 58.5 Å². The number of likely N-dealkylation sites (tertiary alicyclic amines) is 1. The number of hydrogen-bond acceptors (Lipinski definition) is 7. The fraction of sp³-hybridized carbons (Fsp3) is 0.381. The average molecular weight is 407 g/mol. The van der Waals surface area contributed by atoms with Crippen molar-refractivity contribution in [1.29, 1.82) is 0 Å². The topological polar surface area (TPSA) is 102 Å². The van der Waals surface area contributed by atoms with Gasteiger partial charge in [0.2, 0.25) is 0 Å². The molecule has 1 aromatic carbocycles. The number of anilines is 2. The molecule has 3 heterocycles. The Kier molecular flexibility index (Phi) is 5.99. The summed E-state index contributed by atoms with van der Waals surface area (Å²) in [6.07, 6.45) is 7.69. The number of rotatable bonds is 7. The van der Waals surface area contributed by atoms with E-state index in [1.54, 1.807) is 18.3 Å². The number of piperidine rings is 1. The van der Waals surface area contributed by atoms with E-state index in [0.717, 1.165) is 30.0 Å². The van der Waals surface area contributed by atoms with Gasteiger partial charge in [-0.2, -0.15) is 5.10 Å². The van der Waals surface area contributed by atoms with Crippen LogP contribution in [0.4, 0.5) is 17.2 Å². The zero-order valence-electron chi connectivity index (χ0n) is 17.0. The largest absolute Gasteiger partial charge is 0.338 e. The van der Waals surface area contributed by atoms with Crippen molar-refractivity contribution in [3.63, 3.8) is 0 Å². The van der Waals surface area contributed by atoms with Crippen LogP contribution in [0.15, 0.2) is 42.7 Å². The van der Waals surface area contributed by atoms with Crippen LogP contribution in [0.5, 0.6) is 0 Å². The number of hydrogen-bond donors (Lipinski definition) is 1. The van der Waals surface area contributed by atoms with E-state index in [4.69, 9.17) is 0 Å². The van der Waals surface area contributed by atoms with E-state index in [0.29, 0.717) is 11.6 Å². The second-order valence-electron chi connectivity index (χ2n) is 7.54. The minimum Gasteiger partial charge on any atom is -0.338 e. The van der Waals surface area contributed by atoms with E-state index >= 15 is 0 Å². The van der Waals surface area contributed by atoms with Gasteiger partial charge in [0, 0.05) is 42.2 Å².